The lowest BCUT2D eigenvalue weighted by molar-refractivity contribution is -0.118. The molecule has 1 aromatic heterocycles. The van der Waals surface area contributed by atoms with Crippen molar-refractivity contribution >= 4 is 11.8 Å². The Hall–Kier alpha value is -3.15. The topological polar surface area (TPSA) is 64.4 Å². The van der Waals surface area contributed by atoms with Gasteiger partial charge in [-0.25, -0.2) is 4.39 Å². The number of halogens is 1. The molecule has 1 heterocycles. The second-order valence-electron chi connectivity index (χ2n) is 5.23. The first-order valence-electron chi connectivity index (χ1n) is 7.32. The number of amides is 1. The van der Waals surface area contributed by atoms with Crippen molar-refractivity contribution in [2.24, 2.45) is 0 Å². The second kappa shape index (κ2) is 6.95. The van der Waals surface area contributed by atoms with E-state index in [1.54, 1.807) is 6.07 Å². The Morgan fingerprint density at radius 3 is 2.58 bits per heavy atom. The molecule has 0 bridgehead atoms. The Morgan fingerprint density at radius 2 is 1.88 bits per heavy atom. The molecule has 5 nitrogen and oxygen atoms in total. The van der Waals surface area contributed by atoms with Gasteiger partial charge in [-0.15, -0.1) is 0 Å². The fraction of sp³-hybridized carbons (Fsp3) is 0.111. The number of benzene rings is 2. The lowest BCUT2D eigenvalue weighted by atomic mass is 10.1. The average Bonchev–Trinajstić information content (AvgIpc) is 3.03. The van der Waals surface area contributed by atoms with Crippen LogP contribution in [0.3, 0.4) is 0 Å². The molecular weight excluding hydrogens is 311 g/mol. The molecule has 0 aliphatic heterocycles. The summed E-state index contributed by atoms with van der Waals surface area (Å²) in [5, 5.41) is 6.48. The SMILES string of the molecule is Cc1ccc(-c2cc(NC(=O)COc3ccc(F)cc3)on2)cc1. The zero-order valence-corrected chi connectivity index (χ0v) is 13.0. The molecular formula is C18H15FN2O3. The maximum absolute atomic E-state index is 12.8. The van der Waals surface area contributed by atoms with Crippen LogP contribution >= 0.6 is 0 Å². The number of hydrogen-bond acceptors (Lipinski definition) is 4. The van der Waals surface area contributed by atoms with Gasteiger partial charge in [0.25, 0.3) is 5.91 Å². The van der Waals surface area contributed by atoms with Gasteiger partial charge < -0.3 is 9.26 Å². The Labute approximate surface area is 138 Å². The minimum Gasteiger partial charge on any atom is -0.484 e. The Kier molecular flexibility index (Phi) is 4.56. The van der Waals surface area contributed by atoms with E-state index in [-0.39, 0.29) is 18.3 Å². The molecule has 3 aromatic rings. The predicted molar refractivity (Wildman–Crippen MR) is 87.2 cm³/mol. The number of carbonyl (C=O) groups is 1. The van der Waals surface area contributed by atoms with Gasteiger partial charge in [0.2, 0.25) is 5.88 Å². The molecule has 3 rings (SSSR count). The van der Waals surface area contributed by atoms with Gasteiger partial charge in [-0.2, -0.15) is 0 Å². The van der Waals surface area contributed by atoms with Crippen LogP contribution in [-0.4, -0.2) is 17.7 Å². The minimum absolute atomic E-state index is 0.216. The summed E-state index contributed by atoms with van der Waals surface area (Å²) in [7, 11) is 0. The summed E-state index contributed by atoms with van der Waals surface area (Å²) in [6.07, 6.45) is 0. The van der Waals surface area contributed by atoms with Gasteiger partial charge in [0.05, 0.1) is 0 Å². The maximum Gasteiger partial charge on any atom is 0.264 e. The van der Waals surface area contributed by atoms with Crippen LogP contribution in [-0.2, 0) is 4.79 Å². The van der Waals surface area contributed by atoms with Gasteiger partial charge in [0.15, 0.2) is 6.61 Å². The van der Waals surface area contributed by atoms with Crippen molar-refractivity contribution in [1.82, 2.24) is 5.16 Å². The number of anilines is 1. The minimum atomic E-state index is -0.397. The first-order valence-corrected chi connectivity index (χ1v) is 7.32. The molecule has 0 atom stereocenters. The van der Waals surface area contributed by atoms with E-state index >= 15 is 0 Å². The third-order valence-electron chi connectivity index (χ3n) is 3.30. The van der Waals surface area contributed by atoms with Gasteiger partial charge >= 0.3 is 0 Å². The van der Waals surface area contributed by atoms with Gasteiger partial charge in [0, 0.05) is 11.6 Å². The van der Waals surface area contributed by atoms with Crippen LogP contribution in [0.1, 0.15) is 5.56 Å². The summed E-state index contributed by atoms with van der Waals surface area (Å²) >= 11 is 0. The van der Waals surface area contributed by atoms with E-state index in [0.717, 1.165) is 11.1 Å². The number of aromatic nitrogens is 1. The number of rotatable bonds is 5. The lowest BCUT2D eigenvalue weighted by Crippen LogP contribution is -2.19. The Morgan fingerprint density at radius 1 is 1.17 bits per heavy atom. The number of carbonyl (C=O) groups excluding carboxylic acids is 1. The van der Waals surface area contributed by atoms with E-state index in [1.165, 1.54) is 24.3 Å². The molecule has 24 heavy (non-hydrogen) atoms. The van der Waals surface area contributed by atoms with Crippen LogP contribution in [0.25, 0.3) is 11.3 Å². The molecule has 0 saturated heterocycles. The van der Waals surface area contributed by atoms with E-state index in [0.29, 0.717) is 11.4 Å². The van der Waals surface area contributed by atoms with E-state index in [1.807, 2.05) is 31.2 Å². The highest BCUT2D eigenvalue weighted by atomic mass is 19.1. The normalized spacial score (nSPS) is 10.4. The van der Waals surface area contributed by atoms with Crippen LogP contribution in [0.5, 0.6) is 5.75 Å². The number of aryl methyl sites for hydroxylation is 1. The molecule has 0 fully saturated rings. The van der Waals surface area contributed by atoms with Crippen LogP contribution in [0, 0.1) is 12.7 Å². The van der Waals surface area contributed by atoms with E-state index in [4.69, 9.17) is 9.26 Å². The number of nitrogens with zero attached hydrogens (tertiary/aromatic N) is 1. The summed E-state index contributed by atoms with van der Waals surface area (Å²) in [5.41, 5.74) is 2.67. The maximum atomic E-state index is 12.8. The van der Waals surface area contributed by atoms with Crippen LogP contribution < -0.4 is 10.1 Å². The lowest BCUT2D eigenvalue weighted by Gasteiger charge is -2.05. The first kappa shape index (κ1) is 15.7. The van der Waals surface area contributed by atoms with E-state index in [2.05, 4.69) is 10.5 Å². The number of ether oxygens (including phenoxy) is 1. The van der Waals surface area contributed by atoms with Crippen LogP contribution in [0.2, 0.25) is 0 Å². The molecule has 0 aliphatic rings. The smallest absolute Gasteiger partial charge is 0.264 e. The Bertz CT molecular complexity index is 826. The summed E-state index contributed by atoms with van der Waals surface area (Å²) in [4.78, 5) is 11.8. The van der Waals surface area contributed by atoms with Crippen molar-refractivity contribution in [3.05, 3.63) is 66.0 Å². The monoisotopic (exact) mass is 326 g/mol. The largest absolute Gasteiger partial charge is 0.484 e. The zero-order valence-electron chi connectivity index (χ0n) is 13.0. The highest BCUT2D eigenvalue weighted by Gasteiger charge is 2.10. The Balaban J connectivity index is 1.57. The van der Waals surface area contributed by atoms with E-state index in [9.17, 15) is 9.18 Å². The number of nitrogens with one attached hydrogen (secondary N) is 1. The molecule has 122 valence electrons. The van der Waals surface area contributed by atoms with Crippen LogP contribution in [0.4, 0.5) is 10.3 Å². The van der Waals surface area contributed by atoms with Crippen molar-refractivity contribution in [1.29, 1.82) is 0 Å². The summed E-state index contributed by atoms with van der Waals surface area (Å²) in [6.45, 7) is 1.78. The van der Waals surface area contributed by atoms with Gasteiger partial charge in [-0.1, -0.05) is 35.0 Å². The third-order valence-corrected chi connectivity index (χ3v) is 3.30. The zero-order chi connectivity index (χ0) is 16.9. The molecule has 0 unspecified atom stereocenters. The third kappa shape index (κ3) is 3.98. The van der Waals surface area contributed by atoms with Crippen molar-refractivity contribution < 1.29 is 18.4 Å². The van der Waals surface area contributed by atoms with E-state index < -0.39 is 5.91 Å². The van der Waals surface area contributed by atoms with Gasteiger partial charge in [0.1, 0.15) is 17.3 Å². The molecule has 6 heteroatoms. The fourth-order valence-corrected chi connectivity index (χ4v) is 2.05. The van der Waals surface area contributed by atoms with Crippen molar-refractivity contribution in [2.75, 3.05) is 11.9 Å². The second-order valence-corrected chi connectivity index (χ2v) is 5.23. The molecule has 0 aliphatic carbocycles. The summed E-state index contributed by atoms with van der Waals surface area (Å²) < 4.78 is 23.1. The molecule has 1 N–H and O–H groups in total. The average molecular weight is 326 g/mol. The molecule has 1 amide bonds. The molecule has 0 spiro atoms. The molecule has 2 aromatic carbocycles. The summed E-state index contributed by atoms with van der Waals surface area (Å²) in [6, 6.07) is 14.9. The van der Waals surface area contributed by atoms with Crippen molar-refractivity contribution in [3.63, 3.8) is 0 Å². The molecule has 0 saturated carbocycles. The predicted octanol–water partition coefficient (Wildman–Crippen LogP) is 3.81. The van der Waals surface area contributed by atoms with Gasteiger partial charge in [-0.3, -0.25) is 10.1 Å². The van der Waals surface area contributed by atoms with Crippen LogP contribution in [0.15, 0.2) is 59.1 Å². The highest BCUT2D eigenvalue weighted by molar-refractivity contribution is 5.91. The molecule has 0 radical (unpaired) electrons. The van der Waals surface area contributed by atoms with Crippen molar-refractivity contribution in [2.45, 2.75) is 6.92 Å². The standard InChI is InChI=1S/C18H15FN2O3/c1-12-2-4-13(5-3-12)16-10-18(24-21-16)20-17(22)11-23-15-8-6-14(19)7-9-15/h2-10H,11H2,1H3,(H,20,22). The highest BCUT2D eigenvalue weighted by Crippen LogP contribution is 2.22. The van der Waals surface area contributed by atoms with Crippen molar-refractivity contribution in [3.8, 4) is 17.0 Å². The summed E-state index contributed by atoms with van der Waals surface area (Å²) in [5.74, 6) is -0.120. The van der Waals surface area contributed by atoms with Gasteiger partial charge in [-0.05, 0) is 31.2 Å². The quantitative estimate of drug-likeness (QED) is 0.774. The number of hydrogen-bond donors (Lipinski definition) is 1. The fourth-order valence-electron chi connectivity index (χ4n) is 2.05. The first-order chi connectivity index (χ1) is 11.6.